The van der Waals surface area contributed by atoms with Crippen LogP contribution >= 0.6 is 0 Å². The van der Waals surface area contributed by atoms with Crippen LogP contribution in [0.3, 0.4) is 0 Å². The number of benzene rings is 2. The molecule has 49 heavy (non-hydrogen) atoms. The molecule has 2 aliphatic heterocycles. The van der Waals surface area contributed by atoms with Gasteiger partial charge in [0.1, 0.15) is 0 Å². The fraction of sp³-hybridized carbons (Fsp3) is 0.447. The number of ether oxygens (including phenoxy) is 4. The van der Waals surface area contributed by atoms with Gasteiger partial charge in [0.15, 0.2) is 0 Å². The van der Waals surface area contributed by atoms with E-state index in [4.69, 9.17) is 18.9 Å². The molecule has 264 valence electrons. The number of nitrogens with zero attached hydrogens (tertiary/aromatic N) is 2. The summed E-state index contributed by atoms with van der Waals surface area (Å²) in [6, 6.07) is 16.7. The summed E-state index contributed by atoms with van der Waals surface area (Å²) in [4.78, 5) is 39.8. The third kappa shape index (κ3) is 12.9. The first-order valence-electron chi connectivity index (χ1n) is 17.0. The average Bonchev–Trinajstić information content (AvgIpc) is 3.42. The van der Waals surface area contributed by atoms with E-state index in [1.54, 1.807) is 4.90 Å². The fourth-order valence-electron chi connectivity index (χ4n) is 5.47. The zero-order valence-electron chi connectivity index (χ0n) is 28.5. The third-order valence-corrected chi connectivity index (χ3v) is 8.20. The topological polar surface area (TPSA) is 119 Å². The Morgan fingerprint density at radius 1 is 0.694 bits per heavy atom. The summed E-state index contributed by atoms with van der Waals surface area (Å²) in [6.45, 7) is 13.4. The van der Waals surface area contributed by atoms with Crippen LogP contribution in [0.4, 0.5) is 5.69 Å². The van der Waals surface area contributed by atoms with Crippen molar-refractivity contribution in [3.8, 4) is 0 Å². The normalized spacial score (nSPS) is 14.5. The number of carbonyl (C=O) groups excluding carboxylic acids is 3. The summed E-state index contributed by atoms with van der Waals surface area (Å²) >= 11 is 0. The van der Waals surface area contributed by atoms with Crippen molar-refractivity contribution in [2.24, 2.45) is 0 Å². The van der Waals surface area contributed by atoms with Crippen molar-refractivity contribution in [2.75, 3.05) is 77.4 Å². The molecule has 0 atom stereocenters. The molecular formula is C38H50N4O7. The SMILES string of the molecule is C=C1CCC(=O)N1CCC(=O)NCCOCCOCCOCCOCCC(=O)NCCC(=C)N1Cc2ccccc2/C=C\c2ccccc21. The van der Waals surface area contributed by atoms with Gasteiger partial charge in [0.25, 0.3) is 0 Å². The van der Waals surface area contributed by atoms with E-state index in [1.165, 1.54) is 11.1 Å². The Morgan fingerprint density at radius 2 is 1.29 bits per heavy atom. The highest BCUT2D eigenvalue weighted by molar-refractivity contribution is 5.83. The first-order valence-corrected chi connectivity index (χ1v) is 17.0. The van der Waals surface area contributed by atoms with Gasteiger partial charge in [-0.3, -0.25) is 14.4 Å². The van der Waals surface area contributed by atoms with E-state index < -0.39 is 0 Å². The van der Waals surface area contributed by atoms with Crippen molar-refractivity contribution < 1.29 is 33.3 Å². The molecule has 0 aromatic heterocycles. The smallest absolute Gasteiger partial charge is 0.227 e. The lowest BCUT2D eigenvalue weighted by Gasteiger charge is -2.30. The monoisotopic (exact) mass is 674 g/mol. The molecule has 1 fully saturated rings. The Hall–Kier alpha value is -4.29. The number of rotatable bonds is 22. The third-order valence-electron chi connectivity index (χ3n) is 8.20. The maximum absolute atomic E-state index is 12.4. The molecule has 3 amide bonds. The average molecular weight is 675 g/mol. The van der Waals surface area contributed by atoms with Crippen molar-refractivity contribution >= 4 is 35.6 Å². The van der Waals surface area contributed by atoms with Gasteiger partial charge in [-0.1, -0.05) is 67.8 Å². The Kier molecular flexibility index (Phi) is 16.0. The number of hydrogen-bond acceptors (Lipinski definition) is 8. The molecule has 1 saturated heterocycles. The predicted octanol–water partition coefficient (Wildman–Crippen LogP) is 4.30. The number of allylic oxidation sites excluding steroid dienone is 1. The van der Waals surface area contributed by atoms with Crippen molar-refractivity contribution in [3.63, 3.8) is 0 Å². The van der Waals surface area contributed by atoms with Gasteiger partial charge < -0.3 is 39.4 Å². The molecule has 2 N–H and O–H groups in total. The van der Waals surface area contributed by atoms with Gasteiger partial charge in [-0.2, -0.15) is 0 Å². The van der Waals surface area contributed by atoms with Crippen LogP contribution in [0.25, 0.3) is 12.2 Å². The summed E-state index contributed by atoms with van der Waals surface area (Å²) in [7, 11) is 0. The lowest BCUT2D eigenvalue weighted by Crippen LogP contribution is -2.32. The summed E-state index contributed by atoms with van der Waals surface area (Å²) in [6.07, 6.45) is 6.60. The zero-order valence-corrected chi connectivity index (χ0v) is 28.5. The van der Waals surface area contributed by atoms with Crippen LogP contribution < -0.4 is 15.5 Å². The number of fused-ring (bicyclic) bond motifs is 2. The van der Waals surface area contributed by atoms with Crippen LogP contribution in [0, 0.1) is 0 Å². The number of amides is 3. The molecule has 0 saturated carbocycles. The first kappa shape index (κ1) is 37.5. The maximum atomic E-state index is 12.4. The van der Waals surface area contributed by atoms with Gasteiger partial charge in [0.05, 0.1) is 52.9 Å². The Morgan fingerprint density at radius 3 is 2.00 bits per heavy atom. The number of hydrogen-bond donors (Lipinski definition) is 2. The minimum absolute atomic E-state index is 0.0301. The van der Waals surface area contributed by atoms with Gasteiger partial charge >= 0.3 is 0 Å². The molecular weight excluding hydrogens is 624 g/mol. The number of anilines is 1. The molecule has 0 radical (unpaired) electrons. The summed E-state index contributed by atoms with van der Waals surface area (Å²) in [5.74, 6) is -0.150. The fourth-order valence-corrected chi connectivity index (χ4v) is 5.47. The van der Waals surface area contributed by atoms with E-state index in [-0.39, 0.29) is 30.6 Å². The van der Waals surface area contributed by atoms with E-state index in [1.807, 2.05) is 12.1 Å². The van der Waals surface area contributed by atoms with Crippen LogP contribution in [0.1, 0.15) is 48.8 Å². The minimum atomic E-state index is -0.120. The van der Waals surface area contributed by atoms with Crippen molar-refractivity contribution in [1.82, 2.24) is 15.5 Å². The van der Waals surface area contributed by atoms with E-state index in [9.17, 15) is 14.4 Å². The number of likely N-dealkylation sites (tertiary alicyclic amines) is 1. The summed E-state index contributed by atoms with van der Waals surface area (Å²) in [5.41, 5.74) is 6.38. The van der Waals surface area contributed by atoms with Crippen LogP contribution in [0.15, 0.2) is 73.1 Å². The molecule has 2 aliphatic rings. The molecule has 2 aromatic rings. The Bertz CT molecular complexity index is 1430. The summed E-state index contributed by atoms with van der Waals surface area (Å²) < 4.78 is 22.0. The van der Waals surface area contributed by atoms with Crippen LogP contribution in [0.2, 0.25) is 0 Å². The molecule has 0 aliphatic carbocycles. The van der Waals surface area contributed by atoms with E-state index in [2.05, 4.69) is 77.2 Å². The van der Waals surface area contributed by atoms with Crippen LogP contribution in [-0.4, -0.2) is 95.1 Å². The maximum Gasteiger partial charge on any atom is 0.227 e. The number of carbonyl (C=O) groups is 3. The van der Waals surface area contributed by atoms with Crippen LogP contribution in [-0.2, 0) is 39.9 Å². The van der Waals surface area contributed by atoms with E-state index in [0.717, 1.165) is 22.6 Å². The molecule has 0 unspecified atom stereocenters. The highest BCUT2D eigenvalue weighted by atomic mass is 16.6. The van der Waals surface area contributed by atoms with Crippen molar-refractivity contribution in [3.05, 3.63) is 89.8 Å². The molecule has 0 bridgehead atoms. The molecule has 11 heteroatoms. The van der Waals surface area contributed by atoms with Gasteiger partial charge in [-0.15, -0.1) is 0 Å². The summed E-state index contributed by atoms with van der Waals surface area (Å²) in [5, 5.41) is 5.76. The second-order valence-electron chi connectivity index (χ2n) is 11.8. The predicted molar refractivity (Wildman–Crippen MR) is 190 cm³/mol. The standard InChI is InChI=1S/C38H50N4O7/c1-30-11-14-38(45)41(30)20-16-36(43)40-19-22-47-24-26-49-28-27-48-25-23-46-21-17-37(44)39-18-15-31(2)42-29-34-9-4-3-7-32(34)12-13-33-8-5-6-10-35(33)42/h3-10,12-13H,1-2,11,14-29H2,(H,39,44)(H,40,43)/b13-12-. The molecule has 2 aromatic carbocycles. The number of para-hydroxylation sites is 1. The Labute approximate surface area is 289 Å². The van der Waals surface area contributed by atoms with Gasteiger partial charge in [0, 0.05) is 68.9 Å². The minimum Gasteiger partial charge on any atom is -0.379 e. The van der Waals surface area contributed by atoms with Crippen LogP contribution in [0.5, 0.6) is 0 Å². The molecule has 2 heterocycles. The van der Waals surface area contributed by atoms with Crippen molar-refractivity contribution in [2.45, 2.75) is 38.6 Å². The number of nitrogens with one attached hydrogen (secondary N) is 2. The lowest BCUT2D eigenvalue weighted by molar-refractivity contribution is -0.127. The van der Waals surface area contributed by atoms with Gasteiger partial charge in [-0.25, -0.2) is 0 Å². The molecule has 0 spiro atoms. The van der Waals surface area contributed by atoms with Gasteiger partial charge in [-0.05, 0) is 29.2 Å². The largest absolute Gasteiger partial charge is 0.379 e. The molecule has 11 nitrogen and oxygen atoms in total. The van der Waals surface area contributed by atoms with E-state index in [0.29, 0.717) is 98.3 Å². The first-order chi connectivity index (χ1) is 23.9. The van der Waals surface area contributed by atoms with Crippen molar-refractivity contribution in [1.29, 1.82) is 0 Å². The Balaban J connectivity index is 0.943. The quantitative estimate of drug-likeness (QED) is 0.178. The second kappa shape index (κ2) is 20.9. The lowest BCUT2D eigenvalue weighted by atomic mass is 10.0. The highest BCUT2D eigenvalue weighted by Crippen LogP contribution is 2.31. The highest BCUT2D eigenvalue weighted by Gasteiger charge is 2.24. The zero-order chi connectivity index (χ0) is 34.7. The van der Waals surface area contributed by atoms with Gasteiger partial charge in [0.2, 0.25) is 17.7 Å². The van der Waals surface area contributed by atoms with E-state index >= 15 is 0 Å². The second-order valence-corrected chi connectivity index (χ2v) is 11.8. The molecule has 4 rings (SSSR count).